The van der Waals surface area contributed by atoms with Gasteiger partial charge in [0, 0.05) is 17.7 Å². The molecule has 0 amide bonds. The summed E-state index contributed by atoms with van der Waals surface area (Å²) in [4.78, 5) is 15.4. The Hall–Kier alpha value is -1.85. The van der Waals surface area contributed by atoms with E-state index in [9.17, 15) is 4.79 Å². The van der Waals surface area contributed by atoms with Crippen molar-refractivity contribution in [2.45, 2.75) is 6.42 Å². The van der Waals surface area contributed by atoms with Crippen molar-refractivity contribution in [3.63, 3.8) is 0 Å². The maximum atomic E-state index is 11.5. The highest BCUT2D eigenvalue weighted by molar-refractivity contribution is 5.96. The van der Waals surface area contributed by atoms with Crippen LogP contribution in [0.3, 0.4) is 0 Å². The van der Waals surface area contributed by atoms with Crippen molar-refractivity contribution in [1.82, 2.24) is 9.55 Å². The van der Waals surface area contributed by atoms with E-state index in [1.807, 2.05) is 12.1 Å². The zero-order valence-corrected chi connectivity index (χ0v) is 10.4. The van der Waals surface area contributed by atoms with E-state index in [4.69, 9.17) is 10.8 Å². The third-order valence-corrected chi connectivity index (χ3v) is 2.43. The predicted molar refractivity (Wildman–Crippen MR) is 71.3 cm³/mol. The van der Waals surface area contributed by atoms with Gasteiger partial charge in [0.1, 0.15) is 12.1 Å². The van der Waals surface area contributed by atoms with Crippen molar-refractivity contribution in [2.24, 2.45) is 0 Å². The molecule has 3 N–H and O–H groups in total. The molecule has 96 valence electrons. The van der Waals surface area contributed by atoms with Crippen LogP contribution >= 0.6 is 12.4 Å². The highest BCUT2D eigenvalue weighted by Crippen LogP contribution is 2.12. The number of anilines is 1. The second kappa shape index (κ2) is 6.18. The first-order chi connectivity index (χ1) is 8.20. The van der Waals surface area contributed by atoms with Gasteiger partial charge in [0.15, 0.2) is 5.78 Å². The van der Waals surface area contributed by atoms with Crippen LogP contribution in [0.2, 0.25) is 0 Å². The highest BCUT2D eigenvalue weighted by atomic mass is 35.5. The summed E-state index contributed by atoms with van der Waals surface area (Å²) >= 11 is 0. The molecule has 1 aromatic heterocycles. The van der Waals surface area contributed by atoms with E-state index >= 15 is 0 Å². The van der Waals surface area contributed by atoms with Crippen LogP contribution in [0.5, 0.6) is 0 Å². The van der Waals surface area contributed by atoms with Crippen molar-refractivity contribution in [1.29, 1.82) is 0 Å². The number of rotatable bonds is 4. The zero-order valence-electron chi connectivity index (χ0n) is 9.61. The number of halogens is 1. The van der Waals surface area contributed by atoms with Gasteiger partial charge in [0.05, 0.1) is 12.8 Å². The SMILES string of the molecule is Cl.Nc1cn(-c2ccc(C(=O)CCO)cc2)cn1. The molecule has 0 bridgehead atoms. The van der Waals surface area contributed by atoms with Gasteiger partial charge in [-0.25, -0.2) is 4.98 Å². The Morgan fingerprint density at radius 2 is 2.00 bits per heavy atom. The monoisotopic (exact) mass is 267 g/mol. The molecule has 6 heteroatoms. The number of nitrogen functional groups attached to an aromatic ring is 1. The van der Waals surface area contributed by atoms with E-state index in [1.165, 1.54) is 0 Å². The van der Waals surface area contributed by atoms with Gasteiger partial charge in [-0.3, -0.25) is 4.79 Å². The number of ketones is 1. The minimum absolute atomic E-state index is 0. The molecule has 2 aromatic rings. The Balaban J connectivity index is 0.00000162. The van der Waals surface area contributed by atoms with Crippen LogP contribution in [-0.4, -0.2) is 27.0 Å². The minimum atomic E-state index is -0.126. The topological polar surface area (TPSA) is 81.1 Å². The molecule has 0 spiro atoms. The lowest BCUT2D eigenvalue weighted by molar-refractivity contribution is 0.0956. The summed E-state index contributed by atoms with van der Waals surface area (Å²) in [5.41, 5.74) is 7.00. The third-order valence-electron chi connectivity index (χ3n) is 2.43. The Morgan fingerprint density at radius 1 is 1.33 bits per heavy atom. The van der Waals surface area contributed by atoms with Crippen LogP contribution in [0.25, 0.3) is 5.69 Å². The summed E-state index contributed by atoms with van der Waals surface area (Å²) in [6.45, 7) is -0.126. The number of benzene rings is 1. The molecule has 0 aliphatic carbocycles. The molecular weight excluding hydrogens is 254 g/mol. The van der Waals surface area contributed by atoms with Gasteiger partial charge >= 0.3 is 0 Å². The fraction of sp³-hybridized carbons (Fsp3) is 0.167. The summed E-state index contributed by atoms with van der Waals surface area (Å²) in [6, 6.07) is 7.07. The number of aromatic nitrogens is 2. The summed E-state index contributed by atoms with van der Waals surface area (Å²) < 4.78 is 1.77. The number of carbonyl (C=O) groups is 1. The summed E-state index contributed by atoms with van der Waals surface area (Å²) in [5, 5.41) is 8.69. The number of carbonyl (C=O) groups excluding carboxylic acids is 1. The molecule has 0 saturated carbocycles. The van der Waals surface area contributed by atoms with Gasteiger partial charge < -0.3 is 15.4 Å². The first-order valence-corrected chi connectivity index (χ1v) is 5.24. The Morgan fingerprint density at radius 3 is 2.50 bits per heavy atom. The molecule has 5 nitrogen and oxygen atoms in total. The predicted octanol–water partition coefficient (Wildman–Crippen LogP) is 1.44. The lowest BCUT2D eigenvalue weighted by Gasteiger charge is -2.03. The summed E-state index contributed by atoms with van der Waals surface area (Å²) in [7, 11) is 0. The molecule has 1 aromatic carbocycles. The average Bonchev–Trinajstić information content (AvgIpc) is 2.76. The standard InChI is InChI=1S/C12H13N3O2.ClH/c13-12-7-15(8-14-12)10-3-1-9(2-4-10)11(17)5-6-16;/h1-4,7-8,16H,5-6,13H2;1H. The quantitative estimate of drug-likeness (QED) is 0.822. The van der Waals surface area contributed by atoms with E-state index in [-0.39, 0.29) is 31.2 Å². The number of hydrogen-bond acceptors (Lipinski definition) is 4. The van der Waals surface area contributed by atoms with Gasteiger partial charge in [-0.1, -0.05) is 0 Å². The molecule has 0 saturated heterocycles. The number of nitrogens with zero attached hydrogens (tertiary/aromatic N) is 2. The zero-order chi connectivity index (χ0) is 12.3. The molecule has 18 heavy (non-hydrogen) atoms. The Kier molecular flexibility index (Phi) is 4.88. The average molecular weight is 268 g/mol. The van der Waals surface area contributed by atoms with Crippen molar-refractivity contribution in [3.8, 4) is 5.69 Å². The van der Waals surface area contributed by atoms with E-state index in [0.717, 1.165) is 5.69 Å². The minimum Gasteiger partial charge on any atom is -0.396 e. The smallest absolute Gasteiger partial charge is 0.165 e. The van der Waals surface area contributed by atoms with Crippen LogP contribution in [0.1, 0.15) is 16.8 Å². The first kappa shape index (κ1) is 14.2. The van der Waals surface area contributed by atoms with Gasteiger partial charge in [-0.15, -0.1) is 12.4 Å². The maximum absolute atomic E-state index is 11.5. The molecule has 2 rings (SSSR count). The molecule has 0 aliphatic rings. The second-order valence-electron chi connectivity index (χ2n) is 3.65. The summed E-state index contributed by atoms with van der Waals surface area (Å²) in [5.74, 6) is 0.384. The van der Waals surface area contributed by atoms with Gasteiger partial charge in [0.25, 0.3) is 0 Å². The first-order valence-electron chi connectivity index (χ1n) is 5.24. The summed E-state index contributed by atoms with van der Waals surface area (Å²) in [6.07, 6.45) is 3.46. The van der Waals surface area contributed by atoms with Crippen molar-refractivity contribution in [3.05, 3.63) is 42.4 Å². The number of imidazole rings is 1. The van der Waals surface area contributed by atoms with E-state index in [2.05, 4.69) is 4.98 Å². The van der Waals surface area contributed by atoms with Crippen LogP contribution in [0.15, 0.2) is 36.8 Å². The number of aliphatic hydroxyl groups is 1. The van der Waals surface area contributed by atoms with Crippen molar-refractivity contribution in [2.75, 3.05) is 12.3 Å². The maximum Gasteiger partial charge on any atom is 0.165 e. The molecule has 0 atom stereocenters. The molecule has 0 fully saturated rings. The number of aliphatic hydroxyl groups excluding tert-OH is 1. The van der Waals surface area contributed by atoms with Crippen LogP contribution in [0, 0.1) is 0 Å². The fourth-order valence-corrected chi connectivity index (χ4v) is 1.54. The highest BCUT2D eigenvalue weighted by Gasteiger charge is 2.05. The fourth-order valence-electron chi connectivity index (χ4n) is 1.54. The van der Waals surface area contributed by atoms with Crippen molar-refractivity contribution < 1.29 is 9.90 Å². The lowest BCUT2D eigenvalue weighted by Crippen LogP contribution is -2.02. The molecule has 0 aliphatic heterocycles. The van der Waals surface area contributed by atoms with Crippen LogP contribution in [0.4, 0.5) is 5.82 Å². The van der Waals surface area contributed by atoms with Crippen molar-refractivity contribution >= 4 is 24.0 Å². The van der Waals surface area contributed by atoms with Gasteiger partial charge in [-0.2, -0.15) is 0 Å². The van der Waals surface area contributed by atoms with E-state index in [1.54, 1.807) is 29.2 Å². The molecular formula is C12H14ClN3O2. The van der Waals surface area contributed by atoms with Gasteiger partial charge in [-0.05, 0) is 24.3 Å². The number of hydrogen-bond donors (Lipinski definition) is 2. The molecule has 0 unspecified atom stereocenters. The largest absolute Gasteiger partial charge is 0.396 e. The Bertz CT molecular complexity index is 522. The second-order valence-corrected chi connectivity index (χ2v) is 3.65. The number of nitrogens with two attached hydrogens (primary N) is 1. The van der Waals surface area contributed by atoms with Gasteiger partial charge in [0.2, 0.25) is 0 Å². The molecule has 0 radical (unpaired) electrons. The Labute approximate surface area is 111 Å². The van der Waals surface area contributed by atoms with E-state index < -0.39 is 0 Å². The number of Topliss-reactive ketones (excluding diaryl/α,β-unsaturated/α-hetero) is 1. The third kappa shape index (κ3) is 3.09. The van der Waals surface area contributed by atoms with E-state index in [0.29, 0.717) is 11.4 Å². The molecule has 1 heterocycles. The van der Waals surface area contributed by atoms with Crippen LogP contribution in [-0.2, 0) is 0 Å². The lowest BCUT2D eigenvalue weighted by atomic mass is 10.1. The normalized spacial score (nSPS) is 9.83. The van der Waals surface area contributed by atoms with Crippen LogP contribution < -0.4 is 5.73 Å².